The van der Waals surface area contributed by atoms with E-state index < -0.39 is 0 Å². The van der Waals surface area contributed by atoms with Gasteiger partial charge < -0.3 is 15.4 Å². The summed E-state index contributed by atoms with van der Waals surface area (Å²) in [5.74, 6) is 0. The summed E-state index contributed by atoms with van der Waals surface area (Å²) < 4.78 is 5.54. The van der Waals surface area contributed by atoms with E-state index in [0.29, 0.717) is 6.10 Å². The fraction of sp³-hybridized carbons (Fsp3) is 0.500. The van der Waals surface area contributed by atoms with Gasteiger partial charge in [0, 0.05) is 31.6 Å². The molecule has 1 atom stereocenters. The van der Waals surface area contributed by atoms with Crippen molar-refractivity contribution in [2.24, 2.45) is 0 Å². The number of rotatable bonds is 4. The first kappa shape index (κ1) is 10.3. The summed E-state index contributed by atoms with van der Waals surface area (Å²) in [6.07, 6.45) is 2.78. The van der Waals surface area contributed by atoms with Gasteiger partial charge in [-0.25, -0.2) is 0 Å². The molecule has 15 heavy (non-hydrogen) atoms. The molecular formula is C12H18N2O. The molecule has 1 saturated heterocycles. The van der Waals surface area contributed by atoms with Crippen LogP contribution >= 0.6 is 0 Å². The third-order valence-electron chi connectivity index (χ3n) is 2.73. The van der Waals surface area contributed by atoms with Gasteiger partial charge in [0.05, 0.1) is 6.10 Å². The van der Waals surface area contributed by atoms with Crippen LogP contribution in [0.3, 0.4) is 0 Å². The fourth-order valence-corrected chi connectivity index (χ4v) is 1.79. The molecule has 3 heteroatoms. The molecule has 0 aliphatic carbocycles. The van der Waals surface area contributed by atoms with Crippen LogP contribution in [0.5, 0.6) is 0 Å². The molecule has 1 aliphatic heterocycles. The third-order valence-corrected chi connectivity index (χ3v) is 2.73. The molecule has 0 spiro atoms. The van der Waals surface area contributed by atoms with E-state index in [2.05, 4.69) is 34.9 Å². The van der Waals surface area contributed by atoms with E-state index in [1.165, 1.54) is 12.8 Å². The van der Waals surface area contributed by atoms with Crippen molar-refractivity contribution in [3.8, 4) is 0 Å². The minimum Gasteiger partial charge on any atom is -0.388 e. The Morgan fingerprint density at radius 2 is 2.00 bits per heavy atom. The summed E-state index contributed by atoms with van der Waals surface area (Å²) >= 11 is 0. The van der Waals surface area contributed by atoms with Crippen LogP contribution in [0.1, 0.15) is 12.8 Å². The molecule has 0 radical (unpaired) electrons. The minimum absolute atomic E-state index is 0.397. The Morgan fingerprint density at radius 3 is 2.60 bits per heavy atom. The van der Waals surface area contributed by atoms with Gasteiger partial charge in [0.25, 0.3) is 0 Å². The van der Waals surface area contributed by atoms with Crippen molar-refractivity contribution in [2.75, 3.05) is 30.8 Å². The van der Waals surface area contributed by atoms with E-state index in [9.17, 15) is 0 Å². The Morgan fingerprint density at radius 1 is 1.27 bits per heavy atom. The molecule has 3 nitrogen and oxygen atoms in total. The lowest BCUT2D eigenvalue weighted by Crippen LogP contribution is -2.18. The van der Waals surface area contributed by atoms with Crippen LogP contribution < -0.4 is 10.6 Å². The van der Waals surface area contributed by atoms with Crippen LogP contribution in [0.2, 0.25) is 0 Å². The predicted molar refractivity (Wildman–Crippen MR) is 63.5 cm³/mol. The molecule has 82 valence electrons. The highest BCUT2D eigenvalue weighted by molar-refractivity contribution is 5.53. The predicted octanol–water partition coefficient (Wildman–Crippen LogP) is 2.32. The molecule has 2 rings (SSSR count). The van der Waals surface area contributed by atoms with Gasteiger partial charge in [0.2, 0.25) is 0 Å². The smallest absolute Gasteiger partial charge is 0.0748 e. The number of hydrogen-bond acceptors (Lipinski definition) is 3. The van der Waals surface area contributed by atoms with Gasteiger partial charge in [-0.1, -0.05) is 0 Å². The van der Waals surface area contributed by atoms with Crippen LogP contribution in [0.4, 0.5) is 11.4 Å². The van der Waals surface area contributed by atoms with Crippen LogP contribution in [0.25, 0.3) is 0 Å². The van der Waals surface area contributed by atoms with Crippen LogP contribution in [0.15, 0.2) is 24.3 Å². The van der Waals surface area contributed by atoms with E-state index >= 15 is 0 Å². The zero-order valence-electron chi connectivity index (χ0n) is 9.12. The number of hydrogen-bond donors (Lipinski definition) is 2. The average molecular weight is 206 g/mol. The highest BCUT2D eigenvalue weighted by Gasteiger charge is 2.14. The van der Waals surface area contributed by atoms with Crippen molar-refractivity contribution in [1.29, 1.82) is 0 Å². The first-order valence-electron chi connectivity index (χ1n) is 5.52. The van der Waals surface area contributed by atoms with E-state index in [4.69, 9.17) is 4.74 Å². The molecule has 0 aromatic heterocycles. The molecule has 1 aliphatic rings. The fourth-order valence-electron chi connectivity index (χ4n) is 1.79. The second-order valence-corrected chi connectivity index (χ2v) is 3.84. The summed E-state index contributed by atoms with van der Waals surface area (Å²) in [6.45, 7) is 1.84. The summed E-state index contributed by atoms with van der Waals surface area (Å²) in [4.78, 5) is 0. The standard InChI is InChI=1S/C12H18N2O/c1-13-10-4-6-11(7-5-10)14-9-12-3-2-8-15-12/h4-7,12-14H,2-3,8-9H2,1H3. The van der Waals surface area contributed by atoms with Gasteiger partial charge in [-0.2, -0.15) is 0 Å². The summed E-state index contributed by atoms with van der Waals surface area (Å²) in [5.41, 5.74) is 2.29. The SMILES string of the molecule is CNc1ccc(NCC2CCCO2)cc1. The lowest BCUT2D eigenvalue weighted by atomic mass is 10.2. The van der Waals surface area contributed by atoms with Crippen molar-refractivity contribution in [3.63, 3.8) is 0 Å². The minimum atomic E-state index is 0.397. The maximum absolute atomic E-state index is 5.54. The van der Waals surface area contributed by atoms with Crippen LogP contribution in [0, 0.1) is 0 Å². The molecule has 0 saturated carbocycles. The lowest BCUT2D eigenvalue weighted by Gasteiger charge is -2.12. The Balaban J connectivity index is 1.82. The maximum Gasteiger partial charge on any atom is 0.0748 e. The molecule has 1 aromatic rings. The van der Waals surface area contributed by atoms with Gasteiger partial charge in [0.15, 0.2) is 0 Å². The number of anilines is 2. The Kier molecular flexibility index (Phi) is 3.45. The number of ether oxygens (including phenoxy) is 1. The van der Waals surface area contributed by atoms with Gasteiger partial charge in [0.1, 0.15) is 0 Å². The van der Waals surface area contributed by atoms with E-state index in [-0.39, 0.29) is 0 Å². The quantitative estimate of drug-likeness (QED) is 0.793. The van der Waals surface area contributed by atoms with Crippen molar-refractivity contribution >= 4 is 11.4 Å². The van der Waals surface area contributed by atoms with Crippen molar-refractivity contribution in [1.82, 2.24) is 0 Å². The molecule has 0 amide bonds. The summed E-state index contributed by atoms with van der Waals surface area (Å²) in [7, 11) is 1.93. The molecular weight excluding hydrogens is 188 g/mol. The molecule has 2 N–H and O–H groups in total. The van der Waals surface area contributed by atoms with Gasteiger partial charge in [-0.05, 0) is 37.1 Å². The molecule has 1 fully saturated rings. The maximum atomic E-state index is 5.54. The van der Waals surface area contributed by atoms with Crippen molar-refractivity contribution < 1.29 is 4.74 Å². The average Bonchev–Trinajstić information content (AvgIpc) is 2.80. The first-order chi connectivity index (χ1) is 7.38. The molecule has 1 unspecified atom stereocenters. The Bertz CT molecular complexity index is 291. The molecule has 0 bridgehead atoms. The van der Waals surface area contributed by atoms with Gasteiger partial charge in [-0.15, -0.1) is 0 Å². The lowest BCUT2D eigenvalue weighted by molar-refractivity contribution is 0.120. The molecule has 1 heterocycles. The topological polar surface area (TPSA) is 33.3 Å². The van der Waals surface area contributed by atoms with E-state index in [1.54, 1.807) is 0 Å². The van der Waals surface area contributed by atoms with E-state index in [0.717, 1.165) is 24.5 Å². The van der Waals surface area contributed by atoms with Crippen molar-refractivity contribution in [2.45, 2.75) is 18.9 Å². The largest absolute Gasteiger partial charge is 0.388 e. The third kappa shape index (κ3) is 2.86. The Hall–Kier alpha value is -1.22. The Labute approximate surface area is 90.8 Å². The van der Waals surface area contributed by atoms with Crippen LogP contribution in [-0.2, 0) is 4.74 Å². The van der Waals surface area contributed by atoms with Crippen molar-refractivity contribution in [3.05, 3.63) is 24.3 Å². The zero-order valence-corrected chi connectivity index (χ0v) is 9.12. The highest BCUT2D eigenvalue weighted by atomic mass is 16.5. The van der Waals surface area contributed by atoms with Gasteiger partial charge >= 0.3 is 0 Å². The normalized spacial score (nSPS) is 20.2. The van der Waals surface area contributed by atoms with E-state index in [1.807, 2.05) is 7.05 Å². The second kappa shape index (κ2) is 5.03. The number of nitrogens with one attached hydrogen (secondary N) is 2. The highest BCUT2D eigenvalue weighted by Crippen LogP contribution is 2.15. The zero-order chi connectivity index (χ0) is 10.5. The second-order valence-electron chi connectivity index (χ2n) is 3.84. The van der Waals surface area contributed by atoms with Gasteiger partial charge in [-0.3, -0.25) is 0 Å². The number of benzene rings is 1. The monoisotopic (exact) mass is 206 g/mol. The molecule has 1 aromatic carbocycles. The summed E-state index contributed by atoms with van der Waals surface area (Å²) in [5, 5.41) is 6.48. The first-order valence-corrected chi connectivity index (χ1v) is 5.52. The van der Waals surface area contributed by atoms with Crippen LogP contribution in [-0.4, -0.2) is 26.3 Å². The summed E-state index contributed by atoms with van der Waals surface area (Å²) in [6, 6.07) is 8.30.